The zero-order chi connectivity index (χ0) is 14.8. The van der Waals surface area contributed by atoms with Crippen LogP contribution in [0.3, 0.4) is 0 Å². The lowest BCUT2D eigenvalue weighted by molar-refractivity contribution is 0.0183. The molecule has 2 aliphatic rings. The molecule has 2 aromatic carbocycles. The Balaban J connectivity index is 1.61. The Labute approximate surface area is 132 Å². The fourth-order valence-corrected chi connectivity index (χ4v) is 3.78. The van der Waals surface area contributed by atoms with Crippen LogP contribution in [0.25, 0.3) is 0 Å². The third-order valence-electron chi connectivity index (χ3n) is 4.88. The second kappa shape index (κ2) is 5.71. The monoisotopic (exact) mass is 290 g/mol. The summed E-state index contributed by atoms with van der Waals surface area (Å²) < 4.78 is 0. The number of rotatable bonds is 3. The predicted octanol–water partition coefficient (Wildman–Crippen LogP) is 3.38. The largest absolute Gasteiger partial charge is 0.305 e. The van der Waals surface area contributed by atoms with Gasteiger partial charge in [0.15, 0.2) is 0 Å². The molecule has 2 aromatic rings. The van der Waals surface area contributed by atoms with Gasteiger partial charge in [0.05, 0.1) is 6.04 Å². The molecule has 0 unspecified atom stereocenters. The maximum absolute atomic E-state index is 3.69. The summed E-state index contributed by atoms with van der Waals surface area (Å²) in [5, 5.41) is 3.69. The van der Waals surface area contributed by atoms with Crippen molar-refractivity contribution >= 4 is 0 Å². The van der Waals surface area contributed by atoms with Gasteiger partial charge in [-0.1, -0.05) is 72.8 Å². The van der Waals surface area contributed by atoms with Gasteiger partial charge in [0.25, 0.3) is 0 Å². The molecule has 0 amide bonds. The standard InChI is InChI=1S/C20H22N2/c1-3-9-17(10-4-1)19(18-11-5-2-6-12-18)22-15-20(16-22)13-7-8-14-21-20/h1-12,19,21H,13-16H2. The van der Waals surface area contributed by atoms with Gasteiger partial charge in [-0.05, 0) is 17.5 Å². The lowest BCUT2D eigenvalue weighted by atomic mass is 9.81. The highest BCUT2D eigenvalue weighted by Gasteiger charge is 2.45. The summed E-state index contributed by atoms with van der Waals surface area (Å²) in [5.41, 5.74) is 3.07. The minimum absolute atomic E-state index is 0.302. The Morgan fingerprint density at radius 2 is 1.41 bits per heavy atom. The fourth-order valence-electron chi connectivity index (χ4n) is 3.78. The summed E-state index contributed by atoms with van der Waals surface area (Å²) in [5.74, 6) is 0. The average molecular weight is 290 g/mol. The van der Waals surface area contributed by atoms with Crippen molar-refractivity contribution in [3.63, 3.8) is 0 Å². The third-order valence-corrected chi connectivity index (χ3v) is 4.88. The molecular formula is C20H22N2. The molecule has 1 saturated heterocycles. The molecule has 0 radical (unpaired) electrons. The van der Waals surface area contributed by atoms with Crippen LogP contribution in [0.15, 0.2) is 72.8 Å². The summed E-state index contributed by atoms with van der Waals surface area (Å²) in [6.45, 7) is 3.24. The number of benzene rings is 2. The minimum Gasteiger partial charge on any atom is -0.305 e. The van der Waals surface area contributed by atoms with Crippen LogP contribution in [0.1, 0.15) is 23.6 Å². The van der Waals surface area contributed by atoms with Gasteiger partial charge in [-0.25, -0.2) is 0 Å². The quantitative estimate of drug-likeness (QED) is 0.872. The van der Waals surface area contributed by atoms with Gasteiger partial charge in [0.2, 0.25) is 0 Å². The Morgan fingerprint density at radius 3 is 1.91 bits per heavy atom. The number of nitrogens with zero attached hydrogens (tertiary/aromatic N) is 1. The van der Waals surface area contributed by atoms with E-state index in [0.717, 1.165) is 26.1 Å². The van der Waals surface area contributed by atoms with Gasteiger partial charge in [-0.3, -0.25) is 4.90 Å². The first-order valence-corrected chi connectivity index (χ1v) is 8.10. The maximum Gasteiger partial charge on any atom is 0.0603 e. The second-order valence-electron chi connectivity index (χ2n) is 6.47. The molecule has 2 heteroatoms. The predicted molar refractivity (Wildman–Crippen MR) is 90.8 cm³/mol. The molecule has 22 heavy (non-hydrogen) atoms. The molecule has 0 bridgehead atoms. The molecule has 1 N–H and O–H groups in total. The Morgan fingerprint density at radius 1 is 0.818 bits per heavy atom. The lowest BCUT2D eigenvalue weighted by Gasteiger charge is -2.54. The number of nitrogens with one attached hydrogen (secondary N) is 1. The second-order valence-corrected chi connectivity index (χ2v) is 6.47. The van der Waals surface area contributed by atoms with Gasteiger partial charge >= 0.3 is 0 Å². The average Bonchev–Trinajstić information content (AvgIpc) is 2.57. The van der Waals surface area contributed by atoms with E-state index < -0.39 is 0 Å². The highest BCUT2D eigenvalue weighted by Crippen LogP contribution is 2.37. The van der Waals surface area contributed by atoms with Crippen molar-refractivity contribution in [3.8, 4) is 0 Å². The molecule has 4 rings (SSSR count). The van der Waals surface area contributed by atoms with E-state index in [1.165, 1.54) is 11.1 Å². The van der Waals surface area contributed by atoms with Crippen molar-refractivity contribution in [3.05, 3.63) is 83.9 Å². The first kappa shape index (κ1) is 13.7. The first-order valence-electron chi connectivity index (χ1n) is 8.10. The van der Waals surface area contributed by atoms with E-state index in [-0.39, 0.29) is 0 Å². The van der Waals surface area contributed by atoms with Crippen LogP contribution in [0.5, 0.6) is 0 Å². The summed E-state index contributed by atoms with van der Waals surface area (Å²) in [7, 11) is 0. The number of hydrogen-bond donors (Lipinski definition) is 1. The van der Waals surface area contributed by atoms with E-state index in [9.17, 15) is 0 Å². The molecule has 1 spiro atoms. The molecule has 0 aromatic heterocycles. The zero-order valence-electron chi connectivity index (χ0n) is 12.8. The Kier molecular flexibility index (Phi) is 3.57. The van der Waals surface area contributed by atoms with E-state index in [2.05, 4.69) is 83.0 Å². The van der Waals surface area contributed by atoms with Crippen molar-refractivity contribution < 1.29 is 0 Å². The molecule has 0 saturated carbocycles. The van der Waals surface area contributed by atoms with Gasteiger partial charge in [-0.2, -0.15) is 0 Å². The fraction of sp³-hybridized carbons (Fsp3) is 0.300. The van der Waals surface area contributed by atoms with Crippen LogP contribution in [-0.2, 0) is 0 Å². The molecule has 2 aliphatic heterocycles. The van der Waals surface area contributed by atoms with E-state index in [1.54, 1.807) is 0 Å². The topological polar surface area (TPSA) is 15.3 Å². The Bertz CT molecular complexity index is 602. The van der Waals surface area contributed by atoms with Crippen molar-refractivity contribution in [1.29, 1.82) is 0 Å². The lowest BCUT2D eigenvalue weighted by Crippen LogP contribution is -2.70. The highest BCUT2D eigenvalue weighted by molar-refractivity contribution is 5.33. The van der Waals surface area contributed by atoms with Gasteiger partial charge in [0.1, 0.15) is 0 Å². The van der Waals surface area contributed by atoms with Crippen LogP contribution in [-0.4, -0.2) is 30.1 Å². The van der Waals surface area contributed by atoms with E-state index >= 15 is 0 Å². The van der Waals surface area contributed by atoms with Crippen molar-refractivity contribution in [2.75, 3.05) is 19.6 Å². The third kappa shape index (κ3) is 2.49. The summed E-state index contributed by atoms with van der Waals surface area (Å²) in [6, 6.07) is 22.1. The minimum atomic E-state index is 0.302. The van der Waals surface area contributed by atoms with Gasteiger partial charge in [-0.15, -0.1) is 0 Å². The van der Waals surface area contributed by atoms with E-state index in [0.29, 0.717) is 11.6 Å². The van der Waals surface area contributed by atoms with Crippen molar-refractivity contribution in [2.24, 2.45) is 0 Å². The smallest absolute Gasteiger partial charge is 0.0603 e. The summed E-state index contributed by atoms with van der Waals surface area (Å²) >= 11 is 0. The molecule has 2 nitrogen and oxygen atoms in total. The zero-order valence-corrected chi connectivity index (χ0v) is 12.8. The van der Waals surface area contributed by atoms with Crippen molar-refractivity contribution in [1.82, 2.24) is 10.2 Å². The molecule has 1 fully saturated rings. The maximum atomic E-state index is 3.69. The van der Waals surface area contributed by atoms with Crippen molar-refractivity contribution in [2.45, 2.75) is 18.0 Å². The highest BCUT2D eigenvalue weighted by atomic mass is 15.3. The molecule has 0 atom stereocenters. The van der Waals surface area contributed by atoms with Crippen LogP contribution < -0.4 is 5.32 Å². The first-order chi connectivity index (χ1) is 10.9. The summed E-state index contributed by atoms with van der Waals surface area (Å²) in [6.07, 6.45) is 5.72. The van der Waals surface area contributed by atoms with E-state index in [1.807, 2.05) is 0 Å². The molecule has 2 heterocycles. The Hall–Kier alpha value is -1.90. The van der Waals surface area contributed by atoms with Crippen LogP contribution in [0.4, 0.5) is 0 Å². The van der Waals surface area contributed by atoms with Crippen LogP contribution in [0.2, 0.25) is 0 Å². The summed E-state index contributed by atoms with van der Waals surface area (Å²) in [4.78, 5) is 2.59. The number of hydrogen-bond acceptors (Lipinski definition) is 2. The van der Waals surface area contributed by atoms with Gasteiger partial charge < -0.3 is 5.32 Å². The molecule has 112 valence electrons. The van der Waals surface area contributed by atoms with Crippen LogP contribution in [0, 0.1) is 0 Å². The SMILES string of the molecule is C1=CCC2(CN(C(c3ccccc3)c3ccccc3)C2)NC1. The molecular weight excluding hydrogens is 268 g/mol. The number of likely N-dealkylation sites (tertiary alicyclic amines) is 1. The normalized spacial score (nSPS) is 20.2. The van der Waals surface area contributed by atoms with Gasteiger partial charge in [0, 0.05) is 25.2 Å². The molecule has 0 aliphatic carbocycles. The van der Waals surface area contributed by atoms with Crippen LogP contribution >= 0.6 is 0 Å². The van der Waals surface area contributed by atoms with E-state index in [4.69, 9.17) is 0 Å².